The Morgan fingerprint density at radius 1 is 1.20 bits per heavy atom. The molecule has 0 spiro atoms. The van der Waals surface area contributed by atoms with Crippen LogP contribution in [0, 0.1) is 0 Å². The largest absolute Gasteiger partial charge is 0.495 e. The Morgan fingerprint density at radius 3 is 2.56 bits per heavy atom. The van der Waals surface area contributed by atoms with Crippen molar-refractivity contribution in [2.45, 2.75) is 43.9 Å². The SMILES string of the molecule is COc1ccc(C(C)(C)C)cc1S(=O)(=O)NCCCc1cnccn1. The summed E-state index contributed by atoms with van der Waals surface area (Å²) in [6.07, 6.45) is 6.22. The minimum atomic E-state index is -3.65. The molecule has 0 bridgehead atoms. The number of benzene rings is 1. The quantitative estimate of drug-likeness (QED) is 0.765. The van der Waals surface area contributed by atoms with Gasteiger partial charge in [0.2, 0.25) is 10.0 Å². The highest BCUT2D eigenvalue weighted by Crippen LogP contribution is 2.30. The summed E-state index contributed by atoms with van der Waals surface area (Å²) in [5.74, 6) is 0.342. The normalized spacial score (nSPS) is 12.2. The Hall–Kier alpha value is -1.99. The lowest BCUT2D eigenvalue weighted by molar-refractivity contribution is 0.401. The number of methoxy groups -OCH3 is 1. The zero-order valence-electron chi connectivity index (χ0n) is 15.1. The van der Waals surface area contributed by atoms with E-state index in [0.29, 0.717) is 25.1 Å². The monoisotopic (exact) mass is 363 g/mol. The van der Waals surface area contributed by atoms with Gasteiger partial charge in [0.05, 0.1) is 12.8 Å². The molecule has 7 heteroatoms. The Morgan fingerprint density at radius 2 is 1.96 bits per heavy atom. The first-order valence-electron chi connectivity index (χ1n) is 8.17. The zero-order chi connectivity index (χ0) is 18.5. The fourth-order valence-corrected chi connectivity index (χ4v) is 3.63. The highest BCUT2D eigenvalue weighted by Gasteiger charge is 2.23. The molecule has 0 aliphatic rings. The number of aromatic nitrogens is 2. The Bertz CT molecular complexity index is 800. The lowest BCUT2D eigenvalue weighted by Gasteiger charge is -2.21. The first-order chi connectivity index (χ1) is 11.7. The molecule has 0 atom stereocenters. The zero-order valence-corrected chi connectivity index (χ0v) is 15.9. The van der Waals surface area contributed by atoms with Crippen molar-refractivity contribution in [3.05, 3.63) is 48.0 Å². The van der Waals surface area contributed by atoms with Crippen molar-refractivity contribution in [1.29, 1.82) is 0 Å². The van der Waals surface area contributed by atoms with Gasteiger partial charge >= 0.3 is 0 Å². The molecular formula is C18H25N3O3S. The lowest BCUT2D eigenvalue weighted by Crippen LogP contribution is -2.26. The van der Waals surface area contributed by atoms with Crippen molar-refractivity contribution < 1.29 is 13.2 Å². The summed E-state index contributed by atoms with van der Waals surface area (Å²) in [6.45, 7) is 6.44. The van der Waals surface area contributed by atoms with Gasteiger partial charge in [-0.3, -0.25) is 9.97 Å². The van der Waals surface area contributed by atoms with E-state index >= 15 is 0 Å². The third-order valence-electron chi connectivity index (χ3n) is 3.84. The van der Waals surface area contributed by atoms with Crippen LogP contribution in [0.15, 0.2) is 41.7 Å². The fraction of sp³-hybridized carbons (Fsp3) is 0.444. The van der Waals surface area contributed by atoms with E-state index in [2.05, 4.69) is 14.7 Å². The molecule has 136 valence electrons. The van der Waals surface area contributed by atoms with E-state index in [0.717, 1.165) is 11.3 Å². The molecule has 0 radical (unpaired) electrons. The third kappa shape index (κ3) is 5.24. The average Bonchev–Trinajstić information content (AvgIpc) is 2.58. The second-order valence-corrected chi connectivity index (χ2v) is 8.55. The van der Waals surface area contributed by atoms with Crippen molar-refractivity contribution in [1.82, 2.24) is 14.7 Å². The molecule has 0 unspecified atom stereocenters. The second-order valence-electron chi connectivity index (χ2n) is 6.81. The Kier molecular flexibility index (Phi) is 6.13. The molecule has 1 heterocycles. The number of aryl methyl sites for hydroxylation is 1. The number of sulfonamides is 1. The van der Waals surface area contributed by atoms with Crippen LogP contribution in [0.1, 0.15) is 38.4 Å². The highest BCUT2D eigenvalue weighted by atomic mass is 32.2. The van der Waals surface area contributed by atoms with E-state index in [4.69, 9.17) is 4.74 Å². The van der Waals surface area contributed by atoms with Crippen molar-refractivity contribution in [3.63, 3.8) is 0 Å². The summed E-state index contributed by atoms with van der Waals surface area (Å²) in [7, 11) is -2.18. The predicted octanol–water partition coefficient (Wildman–Crippen LogP) is 2.69. The van der Waals surface area contributed by atoms with Crippen LogP contribution < -0.4 is 9.46 Å². The van der Waals surface area contributed by atoms with Gasteiger partial charge in [0, 0.05) is 25.1 Å². The first kappa shape index (κ1) is 19.3. The Labute approximate surface area is 149 Å². The number of ether oxygens (including phenoxy) is 1. The maximum absolute atomic E-state index is 12.7. The van der Waals surface area contributed by atoms with Crippen LogP contribution in [0.2, 0.25) is 0 Å². The standard InChI is InChI=1S/C18H25N3O3S/c1-18(2,3)14-7-8-16(24-4)17(12-14)25(22,23)21-9-5-6-15-13-19-10-11-20-15/h7-8,10-13,21H,5-6,9H2,1-4H3. The molecule has 2 aromatic rings. The minimum Gasteiger partial charge on any atom is -0.495 e. The van der Waals surface area contributed by atoms with Crippen molar-refractivity contribution in [2.75, 3.05) is 13.7 Å². The molecule has 0 saturated carbocycles. The van der Waals surface area contributed by atoms with Crippen LogP contribution in [0.4, 0.5) is 0 Å². The van der Waals surface area contributed by atoms with Gasteiger partial charge in [-0.2, -0.15) is 0 Å². The number of nitrogens with zero attached hydrogens (tertiary/aromatic N) is 2. The summed E-state index contributed by atoms with van der Waals surface area (Å²) in [5.41, 5.74) is 1.63. The van der Waals surface area contributed by atoms with Crippen LogP contribution in [-0.4, -0.2) is 32.0 Å². The smallest absolute Gasteiger partial charge is 0.244 e. The number of rotatable bonds is 7. The molecule has 1 aromatic carbocycles. The van der Waals surface area contributed by atoms with E-state index < -0.39 is 10.0 Å². The van der Waals surface area contributed by atoms with Gasteiger partial charge < -0.3 is 4.74 Å². The summed E-state index contributed by atoms with van der Waals surface area (Å²) < 4.78 is 33.2. The number of hydrogen-bond acceptors (Lipinski definition) is 5. The average molecular weight is 363 g/mol. The molecular weight excluding hydrogens is 338 g/mol. The molecule has 0 saturated heterocycles. The predicted molar refractivity (Wildman–Crippen MR) is 97.2 cm³/mol. The molecule has 6 nitrogen and oxygen atoms in total. The van der Waals surface area contributed by atoms with Gasteiger partial charge in [-0.25, -0.2) is 13.1 Å². The summed E-state index contributed by atoms with van der Waals surface area (Å²) in [4.78, 5) is 8.34. The molecule has 0 fully saturated rings. The minimum absolute atomic E-state index is 0.150. The van der Waals surface area contributed by atoms with Gasteiger partial charge in [-0.15, -0.1) is 0 Å². The van der Waals surface area contributed by atoms with E-state index in [1.807, 2.05) is 26.8 Å². The number of nitrogens with one attached hydrogen (secondary N) is 1. The van der Waals surface area contributed by atoms with Gasteiger partial charge in [0.1, 0.15) is 10.6 Å². The lowest BCUT2D eigenvalue weighted by atomic mass is 9.87. The van der Waals surface area contributed by atoms with Crippen LogP contribution in [0.25, 0.3) is 0 Å². The van der Waals surface area contributed by atoms with Crippen LogP contribution >= 0.6 is 0 Å². The van der Waals surface area contributed by atoms with Crippen LogP contribution in [0.3, 0.4) is 0 Å². The second kappa shape index (κ2) is 7.93. The molecule has 25 heavy (non-hydrogen) atoms. The molecule has 0 aliphatic carbocycles. The molecule has 0 aliphatic heterocycles. The molecule has 0 amide bonds. The maximum Gasteiger partial charge on any atom is 0.244 e. The molecule has 1 N–H and O–H groups in total. The van der Waals surface area contributed by atoms with E-state index in [1.54, 1.807) is 30.7 Å². The van der Waals surface area contributed by atoms with Gasteiger partial charge in [0.25, 0.3) is 0 Å². The maximum atomic E-state index is 12.7. The molecule has 2 rings (SSSR count). The van der Waals surface area contributed by atoms with Gasteiger partial charge in [-0.1, -0.05) is 26.8 Å². The summed E-state index contributed by atoms with van der Waals surface area (Å²) >= 11 is 0. The highest BCUT2D eigenvalue weighted by molar-refractivity contribution is 7.89. The third-order valence-corrected chi connectivity index (χ3v) is 5.32. The molecule has 1 aromatic heterocycles. The van der Waals surface area contributed by atoms with Crippen molar-refractivity contribution >= 4 is 10.0 Å². The van der Waals surface area contributed by atoms with Gasteiger partial charge in [-0.05, 0) is 36.0 Å². The van der Waals surface area contributed by atoms with Crippen LogP contribution in [0.5, 0.6) is 5.75 Å². The van der Waals surface area contributed by atoms with Crippen molar-refractivity contribution in [2.24, 2.45) is 0 Å². The summed E-state index contributed by atoms with van der Waals surface area (Å²) in [5, 5.41) is 0. The van der Waals surface area contributed by atoms with Crippen LogP contribution in [-0.2, 0) is 21.9 Å². The summed E-state index contributed by atoms with van der Waals surface area (Å²) in [6, 6.07) is 5.28. The van der Waals surface area contributed by atoms with Crippen molar-refractivity contribution in [3.8, 4) is 5.75 Å². The van der Waals surface area contributed by atoms with E-state index in [-0.39, 0.29) is 10.3 Å². The van der Waals surface area contributed by atoms with E-state index in [9.17, 15) is 8.42 Å². The fourth-order valence-electron chi connectivity index (χ4n) is 2.37. The van der Waals surface area contributed by atoms with E-state index in [1.165, 1.54) is 7.11 Å². The Balaban J connectivity index is 2.10. The topological polar surface area (TPSA) is 81.2 Å². The number of hydrogen-bond donors (Lipinski definition) is 1. The van der Waals surface area contributed by atoms with Gasteiger partial charge in [0.15, 0.2) is 0 Å². The first-order valence-corrected chi connectivity index (χ1v) is 9.65.